The molecule has 3 nitrogen and oxygen atoms in total. The van der Waals surface area contributed by atoms with E-state index in [0.29, 0.717) is 0 Å². The first-order chi connectivity index (χ1) is 9.06. The Kier molecular flexibility index (Phi) is 3.52. The zero-order valence-electron chi connectivity index (χ0n) is 11.3. The van der Waals surface area contributed by atoms with Gasteiger partial charge in [0.2, 0.25) is 0 Å². The Bertz CT molecular complexity index is 705. The number of aryl methyl sites for hydroxylation is 1. The van der Waals surface area contributed by atoms with Crippen LogP contribution in [-0.2, 0) is 0 Å². The van der Waals surface area contributed by atoms with Crippen molar-refractivity contribution in [3.8, 4) is 17.2 Å². The number of hydrogen-bond acceptors (Lipinski definition) is 2. The molecule has 19 heavy (non-hydrogen) atoms. The van der Waals surface area contributed by atoms with E-state index in [1.54, 1.807) is 6.20 Å². The molecule has 0 saturated heterocycles. The minimum atomic E-state index is -0.329. The van der Waals surface area contributed by atoms with Gasteiger partial charge in [-0.15, -0.1) is 0 Å². The minimum absolute atomic E-state index is 0.195. The van der Waals surface area contributed by atoms with Crippen LogP contribution in [0.2, 0.25) is 0 Å². The predicted molar refractivity (Wildman–Crippen MR) is 76.0 cm³/mol. The molecule has 1 aromatic heterocycles. The van der Waals surface area contributed by atoms with Gasteiger partial charge < -0.3 is 4.98 Å². The molecule has 1 N–H and O–H groups in total. The van der Waals surface area contributed by atoms with Crippen molar-refractivity contribution in [3.05, 3.63) is 57.5 Å². The molecule has 3 heteroatoms. The van der Waals surface area contributed by atoms with Gasteiger partial charge in [0.05, 0.1) is 0 Å². The summed E-state index contributed by atoms with van der Waals surface area (Å²) in [7, 11) is 0. The largest absolute Gasteiger partial charge is 0.328 e. The SMILES string of the molecule is Cc1ccccc1-c1c(C(C)C)c[nH]c(=O)c1C#N. The van der Waals surface area contributed by atoms with Crippen LogP contribution in [0, 0.1) is 18.3 Å². The normalized spacial score (nSPS) is 10.5. The molecule has 0 saturated carbocycles. The lowest BCUT2D eigenvalue weighted by Gasteiger charge is -2.15. The number of H-pyrrole nitrogens is 1. The van der Waals surface area contributed by atoms with Crippen molar-refractivity contribution in [2.75, 3.05) is 0 Å². The lowest BCUT2D eigenvalue weighted by atomic mass is 9.89. The molecule has 0 unspecified atom stereocenters. The first-order valence-corrected chi connectivity index (χ1v) is 6.28. The van der Waals surface area contributed by atoms with E-state index >= 15 is 0 Å². The Morgan fingerprint density at radius 3 is 2.53 bits per heavy atom. The summed E-state index contributed by atoms with van der Waals surface area (Å²) >= 11 is 0. The second-order valence-electron chi connectivity index (χ2n) is 4.90. The van der Waals surface area contributed by atoms with Crippen LogP contribution in [0.1, 0.15) is 36.5 Å². The Balaban J connectivity index is 2.89. The van der Waals surface area contributed by atoms with Crippen LogP contribution in [0.5, 0.6) is 0 Å². The molecule has 1 heterocycles. The quantitative estimate of drug-likeness (QED) is 0.891. The Morgan fingerprint density at radius 1 is 1.26 bits per heavy atom. The van der Waals surface area contributed by atoms with Crippen molar-refractivity contribution in [3.63, 3.8) is 0 Å². The van der Waals surface area contributed by atoms with Crippen molar-refractivity contribution in [1.29, 1.82) is 5.26 Å². The summed E-state index contributed by atoms with van der Waals surface area (Å²) in [6.45, 7) is 6.09. The number of aromatic nitrogens is 1. The number of benzene rings is 1. The standard InChI is InChI=1S/C16H16N2O/c1-10(2)14-9-18-16(19)13(8-17)15(14)12-7-5-4-6-11(12)3/h4-7,9-10H,1-3H3,(H,18,19). The van der Waals surface area contributed by atoms with Crippen LogP contribution in [0.25, 0.3) is 11.1 Å². The van der Waals surface area contributed by atoms with Gasteiger partial charge >= 0.3 is 0 Å². The van der Waals surface area contributed by atoms with Crippen molar-refractivity contribution < 1.29 is 0 Å². The first-order valence-electron chi connectivity index (χ1n) is 6.28. The van der Waals surface area contributed by atoms with Crippen molar-refractivity contribution >= 4 is 0 Å². The van der Waals surface area contributed by atoms with E-state index < -0.39 is 0 Å². The number of pyridine rings is 1. The molecular formula is C16H16N2O. The molecule has 2 rings (SSSR count). The third-order valence-corrected chi connectivity index (χ3v) is 3.27. The maximum absolute atomic E-state index is 11.9. The van der Waals surface area contributed by atoms with E-state index in [1.807, 2.05) is 37.3 Å². The van der Waals surface area contributed by atoms with Gasteiger partial charge in [0.25, 0.3) is 5.56 Å². The highest BCUT2D eigenvalue weighted by Crippen LogP contribution is 2.32. The van der Waals surface area contributed by atoms with Crippen molar-refractivity contribution in [2.45, 2.75) is 26.7 Å². The summed E-state index contributed by atoms with van der Waals surface area (Å²) in [5.74, 6) is 0.235. The van der Waals surface area contributed by atoms with Gasteiger partial charge in [-0.25, -0.2) is 0 Å². The van der Waals surface area contributed by atoms with Gasteiger partial charge in [0, 0.05) is 11.8 Å². The van der Waals surface area contributed by atoms with Crippen molar-refractivity contribution in [2.24, 2.45) is 0 Å². The first kappa shape index (κ1) is 13.1. The van der Waals surface area contributed by atoms with E-state index in [-0.39, 0.29) is 17.0 Å². The summed E-state index contributed by atoms with van der Waals surface area (Å²) in [5, 5.41) is 9.29. The highest BCUT2D eigenvalue weighted by Gasteiger charge is 2.17. The summed E-state index contributed by atoms with van der Waals surface area (Å²) < 4.78 is 0. The molecule has 0 aliphatic carbocycles. The van der Waals surface area contributed by atoms with Gasteiger partial charge in [0.1, 0.15) is 11.6 Å². The molecule has 1 aromatic carbocycles. The third kappa shape index (κ3) is 2.30. The fourth-order valence-electron chi connectivity index (χ4n) is 2.25. The fraction of sp³-hybridized carbons (Fsp3) is 0.250. The van der Waals surface area contributed by atoms with Crippen LogP contribution in [0.4, 0.5) is 0 Å². The molecule has 0 radical (unpaired) electrons. The number of nitriles is 1. The molecule has 0 aliphatic rings. The molecule has 0 aliphatic heterocycles. The Morgan fingerprint density at radius 2 is 1.95 bits per heavy atom. The molecule has 0 spiro atoms. The number of aromatic amines is 1. The monoisotopic (exact) mass is 252 g/mol. The van der Waals surface area contributed by atoms with E-state index in [4.69, 9.17) is 0 Å². The number of rotatable bonds is 2. The predicted octanol–water partition coefficient (Wildman–Crippen LogP) is 3.35. The Hall–Kier alpha value is -2.34. The maximum Gasteiger partial charge on any atom is 0.266 e. The van der Waals surface area contributed by atoms with Crippen LogP contribution < -0.4 is 5.56 Å². The van der Waals surface area contributed by atoms with Gasteiger partial charge in [-0.2, -0.15) is 5.26 Å². The molecule has 0 fully saturated rings. The minimum Gasteiger partial charge on any atom is -0.328 e. The third-order valence-electron chi connectivity index (χ3n) is 3.27. The smallest absolute Gasteiger partial charge is 0.266 e. The van der Waals surface area contributed by atoms with Gasteiger partial charge in [-0.1, -0.05) is 38.1 Å². The fourth-order valence-corrected chi connectivity index (χ4v) is 2.25. The second kappa shape index (κ2) is 5.11. The van der Waals surface area contributed by atoms with E-state index in [9.17, 15) is 10.1 Å². The molecular weight excluding hydrogens is 236 g/mol. The van der Waals surface area contributed by atoms with Crippen molar-refractivity contribution in [1.82, 2.24) is 4.98 Å². The summed E-state index contributed by atoms with van der Waals surface area (Å²) in [6.07, 6.45) is 1.72. The molecule has 2 aromatic rings. The highest BCUT2D eigenvalue weighted by atomic mass is 16.1. The molecule has 0 atom stereocenters. The highest BCUT2D eigenvalue weighted by molar-refractivity contribution is 5.76. The molecule has 96 valence electrons. The van der Waals surface area contributed by atoms with E-state index in [2.05, 4.69) is 18.8 Å². The number of nitrogens with one attached hydrogen (secondary N) is 1. The van der Waals surface area contributed by atoms with Gasteiger partial charge in [-0.05, 0) is 29.5 Å². The maximum atomic E-state index is 11.9. The second-order valence-corrected chi connectivity index (χ2v) is 4.90. The number of nitrogens with zero attached hydrogens (tertiary/aromatic N) is 1. The lowest BCUT2D eigenvalue weighted by molar-refractivity contribution is 0.856. The van der Waals surface area contributed by atoms with Crippen LogP contribution in [0.3, 0.4) is 0 Å². The van der Waals surface area contributed by atoms with Crippen LogP contribution in [0.15, 0.2) is 35.3 Å². The van der Waals surface area contributed by atoms with Gasteiger partial charge in [0.15, 0.2) is 0 Å². The van der Waals surface area contributed by atoms with Crippen LogP contribution >= 0.6 is 0 Å². The average molecular weight is 252 g/mol. The van der Waals surface area contributed by atoms with Gasteiger partial charge in [-0.3, -0.25) is 4.79 Å². The zero-order chi connectivity index (χ0) is 14.0. The molecule has 0 amide bonds. The summed E-state index contributed by atoms with van der Waals surface area (Å²) in [6, 6.07) is 9.86. The Labute approximate surface area is 112 Å². The van der Waals surface area contributed by atoms with E-state index in [0.717, 1.165) is 22.3 Å². The summed E-state index contributed by atoms with van der Waals surface area (Å²) in [4.78, 5) is 14.5. The lowest BCUT2D eigenvalue weighted by Crippen LogP contribution is -2.14. The van der Waals surface area contributed by atoms with E-state index in [1.165, 1.54) is 0 Å². The van der Waals surface area contributed by atoms with Crippen LogP contribution in [-0.4, -0.2) is 4.98 Å². The zero-order valence-corrected chi connectivity index (χ0v) is 11.3. The molecule has 0 bridgehead atoms. The topological polar surface area (TPSA) is 56.6 Å². The average Bonchev–Trinajstić information content (AvgIpc) is 2.38. The number of hydrogen-bond donors (Lipinski definition) is 1. The summed E-state index contributed by atoms with van der Waals surface area (Å²) in [5.41, 5.74) is 3.64.